The van der Waals surface area contributed by atoms with Crippen molar-refractivity contribution in [2.24, 2.45) is 5.92 Å². The minimum Gasteiger partial charge on any atom is -0.312 e. The molecule has 0 aliphatic carbocycles. The standard InChI is InChI=1S/C12H14BrNO/c1-9-2-4-11(5-3-9)14-8-10(7-13)6-12(14)15/h2-5,10H,6-8H2,1H3. The average Bonchev–Trinajstić information content (AvgIpc) is 2.61. The number of hydrogen-bond acceptors (Lipinski definition) is 1. The van der Waals surface area contributed by atoms with Crippen LogP contribution in [0, 0.1) is 12.8 Å². The first kappa shape index (κ1) is 10.7. The van der Waals surface area contributed by atoms with E-state index in [0.29, 0.717) is 12.3 Å². The van der Waals surface area contributed by atoms with E-state index in [1.54, 1.807) is 0 Å². The molecule has 3 heteroatoms. The Balaban J connectivity index is 2.18. The van der Waals surface area contributed by atoms with Gasteiger partial charge in [0.15, 0.2) is 0 Å². The molecule has 0 bridgehead atoms. The normalized spacial score (nSPS) is 21.1. The third kappa shape index (κ3) is 2.23. The quantitative estimate of drug-likeness (QED) is 0.755. The van der Waals surface area contributed by atoms with E-state index in [4.69, 9.17) is 0 Å². The van der Waals surface area contributed by atoms with E-state index in [1.807, 2.05) is 29.2 Å². The topological polar surface area (TPSA) is 20.3 Å². The highest BCUT2D eigenvalue weighted by molar-refractivity contribution is 9.09. The van der Waals surface area contributed by atoms with Crippen LogP contribution in [-0.2, 0) is 4.79 Å². The molecule has 1 fully saturated rings. The fraction of sp³-hybridized carbons (Fsp3) is 0.417. The molecule has 80 valence electrons. The summed E-state index contributed by atoms with van der Waals surface area (Å²) < 4.78 is 0. The van der Waals surface area contributed by atoms with Crippen LogP contribution in [0.3, 0.4) is 0 Å². The van der Waals surface area contributed by atoms with Crippen molar-refractivity contribution in [3.05, 3.63) is 29.8 Å². The predicted octanol–water partition coefficient (Wildman–Crippen LogP) is 2.74. The van der Waals surface area contributed by atoms with Gasteiger partial charge in [0, 0.05) is 24.0 Å². The van der Waals surface area contributed by atoms with Crippen molar-refractivity contribution in [3.63, 3.8) is 0 Å². The third-order valence-corrected chi connectivity index (χ3v) is 3.68. The smallest absolute Gasteiger partial charge is 0.227 e. The van der Waals surface area contributed by atoms with Gasteiger partial charge in [-0.2, -0.15) is 0 Å². The third-order valence-electron chi connectivity index (χ3n) is 2.77. The van der Waals surface area contributed by atoms with Crippen LogP contribution in [0.15, 0.2) is 24.3 Å². The molecule has 1 amide bonds. The van der Waals surface area contributed by atoms with Crippen LogP contribution in [0.1, 0.15) is 12.0 Å². The molecule has 0 saturated carbocycles. The monoisotopic (exact) mass is 267 g/mol. The molecule has 1 aliphatic rings. The summed E-state index contributed by atoms with van der Waals surface area (Å²) in [7, 11) is 0. The second-order valence-electron chi connectivity index (χ2n) is 4.06. The van der Waals surface area contributed by atoms with Gasteiger partial charge in [-0.25, -0.2) is 0 Å². The molecule has 1 unspecified atom stereocenters. The maximum absolute atomic E-state index is 11.7. The number of aryl methyl sites for hydroxylation is 1. The van der Waals surface area contributed by atoms with Gasteiger partial charge in [0.05, 0.1) is 0 Å². The predicted molar refractivity (Wildman–Crippen MR) is 65.4 cm³/mol. The van der Waals surface area contributed by atoms with Crippen LogP contribution in [-0.4, -0.2) is 17.8 Å². The number of alkyl halides is 1. The Bertz CT molecular complexity index is 360. The van der Waals surface area contributed by atoms with Crippen LogP contribution in [0.4, 0.5) is 5.69 Å². The maximum Gasteiger partial charge on any atom is 0.227 e. The van der Waals surface area contributed by atoms with Gasteiger partial charge in [-0.3, -0.25) is 4.79 Å². The van der Waals surface area contributed by atoms with Crippen molar-refractivity contribution in [1.29, 1.82) is 0 Å². The van der Waals surface area contributed by atoms with Crippen molar-refractivity contribution in [1.82, 2.24) is 0 Å². The number of hydrogen-bond donors (Lipinski definition) is 0. The van der Waals surface area contributed by atoms with Crippen LogP contribution in [0.5, 0.6) is 0 Å². The number of nitrogens with zero attached hydrogens (tertiary/aromatic N) is 1. The molecule has 1 aliphatic heterocycles. The lowest BCUT2D eigenvalue weighted by atomic mass is 10.2. The van der Waals surface area contributed by atoms with E-state index >= 15 is 0 Å². The lowest BCUT2D eigenvalue weighted by Crippen LogP contribution is -2.24. The first-order valence-electron chi connectivity index (χ1n) is 5.13. The van der Waals surface area contributed by atoms with E-state index < -0.39 is 0 Å². The SMILES string of the molecule is Cc1ccc(N2CC(CBr)CC2=O)cc1. The number of rotatable bonds is 2. The van der Waals surface area contributed by atoms with Gasteiger partial charge in [0.25, 0.3) is 0 Å². The van der Waals surface area contributed by atoms with Crippen molar-refractivity contribution in [3.8, 4) is 0 Å². The van der Waals surface area contributed by atoms with Crippen molar-refractivity contribution < 1.29 is 4.79 Å². The molecular weight excluding hydrogens is 254 g/mol. The molecule has 1 atom stereocenters. The van der Waals surface area contributed by atoms with Crippen molar-refractivity contribution >= 4 is 27.5 Å². The second-order valence-corrected chi connectivity index (χ2v) is 4.71. The molecule has 1 saturated heterocycles. The van der Waals surface area contributed by atoms with Gasteiger partial charge < -0.3 is 4.90 Å². The van der Waals surface area contributed by atoms with E-state index in [1.165, 1.54) is 5.56 Å². The summed E-state index contributed by atoms with van der Waals surface area (Å²) in [5.74, 6) is 0.696. The number of carbonyl (C=O) groups is 1. The summed E-state index contributed by atoms with van der Waals surface area (Å²) in [6, 6.07) is 8.13. The molecule has 1 heterocycles. The Labute approximate surface area is 98.4 Å². The summed E-state index contributed by atoms with van der Waals surface area (Å²) in [6.45, 7) is 2.89. The van der Waals surface area contributed by atoms with E-state index in [2.05, 4.69) is 22.9 Å². The Hall–Kier alpha value is -0.830. The summed E-state index contributed by atoms with van der Waals surface area (Å²) in [6.07, 6.45) is 0.666. The van der Waals surface area contributed by atoms with Gasteiger partial charge in [0.1, 0.15) is 0 Å². The number of anilines is 1. The molecule has 1 aromatic rings. The van der Waals surface area contributed by atoms with E-state index in [0.717, 1.165) is 17.6 Å². The second kappa shape index (κ2) is 4.35. The Kier molecular flexibility index (Phi) is 3.10. The number of carbonyl (C=O) groups excluding carboxylic acids is 1. The molecule has 1 aromatic carbocycles. The van der Waals surface area contributed by atoms with Gasteiger partial charge in [0.2, 0.25) is 5.91 Å². The summed E-state index contributed by atoms with van der Waals surface area (Å²) in [4.78, 5) is 13.6. The summed E-state index contributed by atoms with van der Waals surface area (Å²) in [5.41, 5.74) is 2.25. The number of halogens is 1. The van der Waals surface area contributed by atoms with E-state index in [-0.39, 0.29) is 5.91 Å². The zero-order valence-electron chi connectivity index (χ0n) is 8.74. The van der Waals surface area contributed by atoms with Crippen molar-refractivity contribution in [2.75, 3.05) is 16.8 Å². The van der Waals surface area contributed by atoms with Gasteiger partial charge in [-0.1, -0.05) is 33.6 Å². The fourth-order valence-corrected chi connectivity index (χ4v) is 2.29. The molecule has 15 heavy (non-hydrogen) atoms. The van der Waals surface area contributed by atoms with Gasteiger partial charge in [-0.15, -0.1) is 0 Å². The Morgan fingerprint density at radius 1 is 1.40 bits per heavy atom. The highest BCUT2D eigenvalue weighted by Crippen LogP contribution is 2.26. The molecule has 0 N–H and O–H groups in total. The fourth-order valence-electron chi connectivity index (χ4n) is 1.86. The molecule has 2 rings (SSSR count). The average molecular weight is 268 g/mol. The van der Waals surface area contributed by atoms with E-state index in [9.17, 15) is 4.79 Å². The lowest BCUT2D eigenvalue weighted by Gasteiger charge is -2.16. The summed E-state index contributed by atoms with van der Waals surface area (Å²) in [5, 5.41) is 0.904. The van der Waals surface area contributed by atoms with Crippen molar-refractivity contribution in [2.45, 2.75) is 13.3 Å². The lowest BCUT2D eigenvalue weighted by molar-refractivity contribution is -0.117. The number of amides is 1. The molecule has 0 spiro atoms. The minimum absolute atomic E-state index is 0.239. The molecule has 2 nitrogen and oxygen atoms in total. The highest BCUT2D eigenvalue weighted by atomic mass is 79.9. The largest absolute Gasteiger partial charge is 0.312 e. The first-order chi connectivity index (χ1) is 7.20. The molecular formula is C12H14BrNO. The van der Waals surface area contributed by atoms with Crippen LogP contribution >= 0.6 is 15.9 Å². The van der Waals surface area contributed by atoms with Crippen LogP contribution in [0.25, 0.3) is 0 Å². The zero-order valence-corrected chi connectivity index (χ0v) is 10.3. The Morgan fingerprint density at radius 2 is 2.07 bits per heavy atom. The first-order valence-corrected chi connectivity index (χ1v) is 6.26. The maximum atomic E-state index is 11.7. The summed E-state index contributed by atoms with van der Waals surface area (Å²) >= 11 is 3.44. The highest BCUT2D eigenvalue weighted by Gasteiger charge is 2.29. The zero-order chi connectivity index (χ0) is 10.8. The van der Waals surface area contributed by atoms with Gasteiger partial charge >= 0.3 is 0 Å². The Morgan fingerprint density at radius 3 is 2.60 bits per heavy atom. The number of benzene rings is 1. The minimum atomic E-state index is 0.239. The van der Waals surface area contributed by atoms with Crippen LogP contribution < -0.4 is 4.90 Å². The van der Waals surface area contributed by atoms with Crippen LogP contribution in [0.2, 0.25) is 0 Å². The molecule has 0 aromatic heterocycles. The molecule has 0 radical (unpaired) electrons. The van der Waals surface area contributed by atoms with Gasteiger partial charge in [-0.05, 0) is 25.0 Å².